The Bertz CT molecular complexity index is 803. The van der Waals surface area contributed by atoms with Crippen molar-refractivity contribution in [3.8, 4) is 17.2 Å². The van der Waals surface area contributed by atoms with Crippen LogP contribution in [-0.4, -0.2) is 26.2 Å². The Balaban J connectivity index is 1.56. The lowest BCUT2D eigenvalue weighted by molar-refractivity contribution is -0.127. The van der Waals surface area contributed by atoms with Crippen molar-refractivity contribution in [2.45, 2.75) is 45.3 Å². The minimum absolute atomic E-state index is 0.150. The van der Waals surface area contributed by atoms with Gasteiger partial charge in [-0.05, 0) is 73.6 Å². The Morgan fingerprint density at radius 3 is 2.48 bits per heavy atom. The second kappa shape index (κ2) is 8.80. The predicted octanol–water partition coefficient (Wildman–Crippen LogP) is 3.67. The van der Waals surface area contributed by atoms with Gasteiger partial charge in [-0.3, -0.25) is 4.79 Å². The van der Waals surface area contributed by atoms with Crippen molar-refractivity contribution >= 4 is 5.91 Å². The third-order valence-corrected chi connectivity index (χ3v) is 4.92. The SMILES string of the molecule is COc1ccc(CNC(=O)C(C)Oc2ccc3c(c2)CCCC3)cc1OC. The van der Waals surface area contributed by atoms with Gasteiger partial charge in [0.15, 0.2) is 17.6 Å². The van der Waals surface area contributed by atoms with Gasteiger partial charge in [-0.1, -0.05) is 12.1 Å². The van der Waals surface area contributed by atoms with Crippen LogP contribution in [0.4, 0.5) is 0 Å². The van der Waals surface area contributed by atoms with E-state index in [2.05, 4.69) is 17.4 Å². The van der Waals surface area contributed by atoms with Gasteiger partial charge >= 0.3 is 0 Å². The molecule has 0 heterocycles. The van der Waals surface area contributed by atoms with Crippen LogP contribution in [-0.2, 0) is 24.2 Å². The van der Waals surface area contributed by atoms with E-state index in [0.717, 1.165) is 24.2 Å². The molecule has 1 N–H and O–H groups in total. The van der Waals surface area contributed by atoms with Crippen LogP contribution in [0.2, 0.25) is 0 Å². The maximum atomic E-state index is 12.4. The van der Waals surface area contributed by atoms with Gasteiger partial charge in [0.2, 0.25) is 0 Å². The molecule has 2 aromatic rings. The molecule has 0 aromatic heterocycles. The van der Waals surface area contributed by atoms with Crippen molar-refractivity contribution in [2.24, 2.45) is 0 Å². The normalized spacial score (nSPS) is 14.0. The lowest BCUT2D eigenvalue weighted by Crippen LogP contribution is -2.35. The van der Waals surface area contributed by atoms with Crippen molar-refractivity contribution in [2.75, 3.05) is 14.2 Å². The summed E-state index contributed by atoms with van der Waals surface area (Å²) in [6, 6.07) is 11.7. The van der Waals surface area contributed by atoms with Gasteiger partial charge in [-0.2, -0.15) is 0 Å². The van der Waals surface area contributed by atoms with Crippen LogP contribution in [0, 0.1) is 0 Å². The Hall–Kier alpha value is -2.69. The second-order valence-corrected chi connectivity index (χ2v) is 6.80. The number of rotatable bonds is 7. The molecule has 144 valence electrons. The van der Waals surface area contributed by atoms with E-state index in [0.29, 0.717) is 18.0 Å². The van der Waals surface area contributed by atoms with Crippen LogP contribution < -0.4 is 19.5 Å². The maximum absolute atomic E-state index is 12.4. The summed E-state index contributed by atoms with van der Waals surface area (Å²) in [5, 5.41) is 2.91. The van der Waals surface area contributed by atoms with Gasteiger partial charge in [0.25, 0.3) is 5.91 Å². The maximum Gasteiger partial charge on any atom is 0.261 e. The summed E-state index contributed by atoms with van der Waals surface area (Å²) in [5.41, 5.74) is 3.68. The third kappa shape index (κ3) is 4.73. The molecule has 1 aliphatic rings. The molecule has 0 aliphatic heterocycles. The molecule has 5 heteroatoms. The fourth-order valence-corrected chi connectivity index (χ4v) is 3.36. The molecule has 0 spiro atoms. The first-order valence-corrected chi connectivity index (χ1v) is 9.38. The topological polar surface area (TPSA) is 56.8 Å². The average molecular weight is 369 g/mol. The number of ether oxygens (including phenoxy) is 3. The highest BCUT2D eigenvalue weighted by atomic mass is 16.5. The summed E-state index contributed by atoms with van der Waals surface area (Å²) < 4.78 is 16.4. The first-order valence-electron chi connectivity index (χ1n) is 9.38. The van der Waals surface area contributed by atoms with E-state index in [1.165, 1.54) is 24.0 Å². The molecule has 0 saturated heterocycles. The van der Waals surface area contributed by atoms with Crippen molar-refractivity contribution in [3.63, 3.8) is 0 Å². The average Bonchev–Trinajstić information content (AvgIpc) is 2.71. The molecule has 1 aliphatic carbocycles. The van der Waals surface area contributed by atoms with E-state index < -0.39 is 6.10 Å². The number of fused-ring (bicyclic) bond motifs is 1. The molecule has 3 rings (SSSR count). The van der Waals surface area contributed by atoms with Gasteiger partial charge in [-0.25, -0.2) is 0 Å². The summed E-state index contributed by atoms with van der Waals surface area (Å²) in [6.07, 6.45) is 4.13. The molecule has 0 bridgehead atoms. The van der Waals surface area contributed by atoms with E-state index in [4.69, 9.17) is 14.2 Å². The summed E-state index contributed by atoms with van der Waals surface area (Å²) in [6.45, 7) is 2.17. The van der Waals surface area contributed by atoms with Gasteiger partial charge in [0.05, 0.1) is 14.2 Å². The lowest BCUT2D eigenvalue weighted by atomic mass is 9.92. The number of benzene rings is 2. The molecule has 1 amide bonds. The molecule has 2 aromatic carbocycles. The van der Waals surface area contributed by atoms with Gasteiger partial charge in [-0.15, -0.1) is 0 Å². The summed E-state index contributed by atoms with van der Waals surface area (Å²) in [7, 11) is 3.19. The Morgan fingerprint density at radius 1 is 1.00 bits per heavy atom. The Morgan fingerprint density at radius 2 is 1.74 bits per heavy atom. The van der Waals surface area contributed by atoms with Crippen LogP contribution in [0.15, 0.2) is 36.4 Å². The molecule has 0 radical (unpaired) electrons. The molecule has 1 unspecified atom stereocenters. The van der Waals surface area contributed by atoms with Gasteiger partial charge in [0.1, 0.15) is 5.75 Å². The lowest BCUT2D eigenvalue weighted by Gasteiger charge is -2.19. The van der Waals surface area contributed by atoms with Crippen LogP contribution in [0.3, 0.4) is 0 Å². The van der Waals surface area contributed by atoms with E-state index >= 15 is 0 Å². The fraction of sp³-hybridized carbons (Fsp3) is 0.409. The minimum Gasteiger partial charge on any atom is -0.493 e. The number of carbonyl (C=O) groups is 1. The van der Waals surface area contributed by atoms with Gasteiger partial charge < -0.3 is 19.5 Å². The number of aryl methyl sites for hydroxylation is 2. The zero-order valence-corrected chi connectivity index (χ0v) is 16.2. The van der Waals surface area contributed by atoms with Crippen molar-refractivity contribution < 1.29 is 19.0 Å². The predicted molar refractivity (Wildman–Crippen MR) is 105 cm³/mol. The standard InChI is InChI=1S/C22H27NO4/c1-15(27-19-10-9-17-6-4-5-7-18(17)13-19)22(24)23-14-16-8-11-20(25-2)21(12-16)26-3/h8-13,15H,4-7,14H2,1-3H3,(H,23,24). The van der Waals surface area contributed by atoms with E-state index in [9.17, 15) is 4.79 Å². The zero-order valence-electron chi connectivity index (χ0n) is 16.2. The highest BCUT2D eigenvalue weighted by Gasteiger charge is 2.16. The number of amides is 1. The van der Waals surface area contributed by atoms with Crippen molar-refractivity contribution in [1.82, 2.24) is 5.32 Å². The first kappa shape index (κ1) is 19.1. The number of methoxy groups -OCH3 is 2. The largest absolute Gasteiger partial charge is 0.493 e. The van der Waals surface area contributed by atoms with E-state index in [1.54, 1.807) is 21.1 Å². The highest BCUT2D eigenvalue weighted by Crippen LogP contribution is 2.28. The van der Waals surface area contributed by atoms with Crippen LogP contribution in [0.5, 0.6) is 17.2 Å². The first-order chi connectivity index (χ1) is 13.1. The van der Waals surface area contributed by atoms with Crippen LogP contribution >= 0.6 is 0 Å². The van der Waals surface area contributed by atoms with Crippen LogP contribution in [0.1, 0.15) is 36.5 Å². The molecular weight excluding hydrogens is 342 g/mol. The molecule has 1 atom stereocenters. The Labute approximate surface area is 160 Å². The van der Waals surface area contributed by atoms with E-state index in [1.807, 2.05) is 24.3 Å². The molecule has 0 saturated carbocycles. The Kier molecular flexibility index (Phi) is 6.22. The van der Waals surface area contributed by atoms with Crippen LogP contribution in [0.25, 0.3) is 0 Å². The molecular formula is C22H27NO4. The molecule has 27 heavy (non-hydrogen) atoms. The quantitative estimate of drug-likeness (QED) is 0.809. The second-order valence-electron chi connectivity index (χ2n) is 6.80. The summed E-state index contributed by atoms with van der Waals surface area (Å²) in [5.74, 6) is 1.91. The minimum atomic E-state index is -0.563. The van der Waals surface area contributed by atoms with E-state index in [-0.39, 0.29) is 5.91 Å². The summed E-state index contributed by atoms with van der Waals surface area (Å²) >= 11 is 0. The number of hydrogen-bond acceptors (Lipinski definition) is 4. The van der Waals surface area contributed by atoms with Crippen molar-refractivity contribution in [1.29, 1.82) is 0 Å². The summed E-state index contributed by atoms with van der Waals surface area (Å²) in [4.78, 5) is 12.4. The smallest absolute Gasteiger partial charge is 0.261 e. The monoisotopic (exact) mass is 369 g/mol. The zero-order chi connectivity index (χ0) is 19.2. The highest BCUT2D eigenvalue weighted by molar-refractivity contribution is 5.80. The number of nitrogens with one attached hydrogen (secondary N) is 1. The molecule has 5 nitrogen and oxygen atoms in total. The fourth-order valence-electron chi connectivity index (χ4n) is 3.36. The number of hydrogen-bond donors (Lipinski definition) is 1. The van der Waals surface area contributed by atoms with Gasteiger partial charge in [0, 0.05) is 6.54 Å². The molecule has 0 fully saturated rings. The third-order valence-electron chi connectivity index (χ3n) is 4.92. The van der Waals surface area contributed by atoms with Crippen molar-refractivity contribution in [3.05, 3.63) is 53.1 Å². The number of carbonyl (C=O) groups excluding carboxylic acids is 1.